The first-order valence-corrected chi connectivity index (χ1v) is 8.53. The highest BCUT2D eigenvalue weighted by Crippen LogP contribution is 2.24. The van der Waals surface area contributed by atoms with Crippen molar-refractivity contribution in [3.63, 3.8) is 0 Å². The van der Waals surface area contributed by atoms with Crippen molar-refractivity contribution < 1.29 is 17.6 Å². The standard InChI is InChI=1S/C14H24N2O4S/c1-14(2,3)15-9-11-5-6-13(20-11)21(17,18)16-8-7-12(10-16)19-4/h5-6,12,15H,7-10H2,1-4H3. The Balaban J connectivity index is 2.06. The number of ether oxygens (including phenoxy) is 1. The van der Waals surface area contributed by atoms with Crippen LogP contribution in [0.25, 0.3) is 0 Å². The molecule has 0 radical (unpaired) electrons. The predicted octanol–water partition coefficient (Wildman–Crippen LogP) is 1.58. The highest BCUT2D eigenvalue weighted by Gasteiger charge is 2.34. The van der Waals surface area contributed by atoms with Crippen LogP contribution in [0, 0.1) is 0 Å². The van der Waals surface area contributed by atoms with Crippen molar-refractivity contribution in [3.05, 3.63) is 17.9 Å². The fourth-order valence-corrected chi connectivity index (χ4v) is 3.59. The Bertz CT molecular complexity index is 574. The topological polar surface area (TPSA) is 71.8 Å². The van der Waals surface area contributed by atoms with E-state index in [4.69, 9.17) is 9.15 Å². The van der Waals surface area contributed by atoms with Gasteiger partial charge < -0.3 is 14.5 Å². The van der Waals surface area contributed by atoms with Crippen molar-refractivity contribution in [2.75, 3.05) is 20.2 Å². The molecule has 1 aromatic heterocycles. The van der Waals surface area contributed by atoms with Gasteiger partial charge in [-0.3, -0.25) is 0 Å². The lowest BCUT2D eigenvalue weighted by molar-refractivity contribution is 0.115. The molecule has 120 valence electrons. The van der Waals surface area contributed by atoms with E-state index in [0.717, 1.165) is 6.42 Å². The number of nitrogens with one attached hydrogen (secondary N) is 1. The number of hydrogen-bond donors (Lipinski definition) is 1. The SMILES string of the molecule is COC1CCN(S(=O)(=O)c2ccc(CNC(C)(C)C)o2)C1. The van der Waals surface area contributed by atoms with Crippen LogP contribution in [0.2, 0.25) is 0 Å². The summed E-state index contributed by atoms with van der Waals surface area (Å²) in [6, 6.07) is 3.23. The lowest BCUT2D eigenvalue weighted by atomic mass is 10.1. The molecular formula is C14H24N2O4S. The van der Waals surface area contributed by atoms with Crippen LogP contribution < -0.4 is 5.32 Å². The summed E-state index contributed by atoms with van der Waals surface area (Å²) in [4.78, 5) is 0. The number of methoxy groups -OCH3 is 1. The molecule has 0 bridgehead atoms. The van der Waals surface area contributed by atoms with Crippen LogP contribution in [0.1, 0.15) is 33.0 Å². The highest BCUT2D eigenvalue weighted by atomic mass is 32.2. The highest BCUT2D eigenvalue weighted by molar-refractivity contribution is 7.89. The van der Waals surface area contributed by atoms with Gasteiger partial charge >= 0.3 is 0 Å². The van der Waals surface area contributed by atoms with Crippen molar-refractivity contribution in [1.29, 1.82) is 0 Å². The number of nitrogens with zero attached hydrogens (tertiary/aromatic N) is 1. The van der Waals surface area contributed by atoms with Crippen LogP contribution in [0.15, 0.2) is 21.6 Å². The summed E-state index contributed by atoms with van der Waals surface area (Å²) < 4.78 is 37.0. The van der Waals surface area contributed by atoms with E-state index in [1.807, 2.05) is 20.8 Å². The van der Waals surface area contributed by atoms with E-state index >= 15 is 0 Å². The lowest BCUT2D eigenvalue weighted by Crippen LogP contribution is -2.34. The van der Waals surface area contributed by atoms with Crippen molar-refractivity contribution in [3.8, 4) is 0 Å². The Morgan fingerprint density at radius 3 is 2.71 bits per heavy atom. The van der Waals surface area contributed by atoms with E-state index in [9.17, 15) is 8.42 Å². The van der Waals surface area contributed by atoms with Gasteiger partial charge in [0.1, 0.15) is 5.76 Å². The van der Waals surface area contributed by atoms with Gasteiger partial charge in [-0.1, -0.05) is 0 Å². The van der Waals surface area contributed by atoms with Crippen LogP contribution in [0.3, 0.4) is 0 Å². The minimum absolute atomic E-state index is 0.00459. The summed E-state index contributed by atoms with van der Waals surface area (Å²) in [5, 5.41) is 3.27. The van der Waals surface area contributed by atoms with Crippen LogP contribution in [-0.2, 0) is 21.3 Å². The monoisotopic (exact) mass is 316 g/mol. The number of furan rings is 1. The van der Waals surface area contributed by atoms with Crippen molar-refractivity contribution in [2.24, 2.45) is 0 Å². The van der Waals surface area contributed by atoms with Gasteiger partial charge in [0.25, 0.3) is 10.0 Å². The molecule has 2 rings (SSSR count). The maximum atomic E-state index is 12.5. The van der Waals surface area contributed by atoms with E-state index in [2.05, 4.69) is 5.32 Å². The molecule has 1 aromatic rings. The van der Waals surface area contributed by atoms with Gasteiger partial charge in [-0.05, 0) is 39.3 Å². The second-order valence-electron chi connectivity index (χ2n) is 6.33. The summed E-state index contributed by atoms with van der Waals surface area (Å²) in [5.41, 5.74) is -0.0491. The van der Waals surface area contributed by atoms with Gasteiger partial charge in [-0.15, -0.1) is 0 Å². The molecule has 1 atom stereocenters. The molecule has 21 heavy (non-hydrogen) atoms. The molecule has 1 aliphatic heterocycles. The first-order valence-electron chi connectivity index (χ1n) is 7.09. The zero-order chi connectivity index (χ0) is 15.7. The molecular weight excluding hydrogens is 292 g/mol. The van der Waals surface area contributed by atoms with Crippen molar-refractivity contribution in [1.82, 2.24) is 9.62 Å². The summed E-state index contributed by atoms with van der Waals surface area (Å²) in [6.07, 6.45) is 0.686. The van der Waals surface area contributed by atoms with Crippen LogP contribution >= 0.6 is 0 Å². The lowest BCUT2D eigenvalue weighted by Gasteiger charge is -2.19. The van der Waals surface area contributed by atoms with Crippen molar-refractivity contribution >= 4 is 10.0 Å². The van der Waals surface area contributed by atoms with Crippen LogP contribution in [0.5, 0.6) is 0 Å². The smallest absolute Gasteiger partial charge is 0.276 e. The van der Waals surface area contributed by atoms with E-state index in [1.54, 1.807) is 13.2 Å². The molecule has 0 aromatic carbocycles. The Morgan fingerprint density at radius 2 is 2.14 bits per heavy atom. The van der Waals surface area contributed by atoms with Gasteiger partial charge in [0.05, 0.1) is 12.6 Å². The Hall–Kier alpha value is -0.890. The predicted molar refractivity (Wildman–Crippen MR) is 79.5 cm³/mol. The number of rotatable bonds is 5. The molecule has 0 amide bonds. The molecule has 2 heterocycles. The zero-order valence-corrected chi connectivity index (χ0v) is 13.9. The molecule has 1 N–H and O–H groups in total. The fourth-order valence-electron chi connectivity index (χ4n) is 2.18. The normalized spacial score (nSPS) is 21.0. The van der Waals surface area contributed by atoms with Gasteiger partial charge in [0.2, 0.25) is 5.09 Å². The third kappa shape index (κ3) is 4.06. The summed E-state index contributed by atoms with van der Waals surface area (Å²) >= 11 is 0. The molecule has 1 unspecified atom stereocenters. The third-order valence-corrected chi connectivity index (χ3v) is 5.20. The Labute approximate surface area is 126 Å². The molecule has 0 spiro atoms. The maximum Gasteiger partial charge on any atom is 0.276 e. The quantitative estimate of drug-likeness (QED) is 0.893. The minimum Gasteiger partial charge on any atom is -0.447 e. The molecule has 1 aliphatic rings. The fraction of sp³-hybridized carbons (Fsp3) is 0.714. The summed E-state index contributed by atoms with van der Waals surface area (Å²) in [7, 11) is -1.95. The van der Waals surface area contributed by atoms with E-state index < -0.39 is 10.0 Å². The molecule has 1 saturated heterocycles. The Kier molecular flexibility index (Phi) is 4.77. The average Bonchev–Trinajstić information content (AvgIpc) is 3.05. The summed E-state index contributed by atoms with van der Waals surface area (Å²) in [6.45, 7) is 7.49. The van der Waals surface area contributed by atoms with Gasteiger partial charge in [0.15, 0.2) is 0 Å². The number of sulfonamides is 1. The second-order valence-corrected chi connectivity index (χ2v) is 8.20. The average molecular weight is 316 g/mol. The number of hydrogen-bond acceptors (Lipinski definition) is 5. The zero-order valence-electron chi connectivity index (χ0n) is 13.0. The summed E-state index contributed by atoms with van der Waals surface area (Å²) in [5.74, 6) is 0.617. The first-order chi connectivity index (χ1) is 9.72. The largest absolute Gasteiger partial charge is 0.447 e. The van der Waals surface area contributed by atoms with E-state index in [1.165, 1.54) is 10.4 Å². The molecule has 1 fully saturated rings. The van der Waals surface area contributed by atoms with E-state index in [0.29, 0.717) is 25.4 Å². The first kappa shape index (κ1) is 16.5. The van der Waals surface area contributed by atoms with E-state index in [-0.39, 0.29) is 16.7 Å². The Morgan fingerprint density at radius 1 is 1.43 bits per heavy atom. The van der Waals surface area contributed by atoms with Crippen LogP contribution in [-0.4, -0.2) is 44.6 Å². The second kappa shape index (κ2) is 6.08. The van der Waals surface area contributed by atoms with Crippen molar-refractivity contribution in [2.45, 2.75) is 50.5 Å². The van der Waals surface area contributed by atoms with Gasteiger partial charge in [-0.25, -0.2) is 8.42 Å². The third-order valence-electron chi connectivity index (χ3n) is 3.47. The van der Waals surface area contributed by atoms with Crippen LogP contribution in [0.4, 0.5) is 0 Å². The molecule has 7 heteroatoms. The van der Waals surface area contributed by atoms with Gasteiger partial charge in [0, 0.05) is 25.7 Å². The molecule has 6 nitrogen and oxygen atoms in total. The minimum atomic E-state index is -3.56. The molecule has 0 saturated carbocycles. The van der Waals surface area contributed by atoms with Gasteiger partial charge in [-0.2, -0.15) is 4.31 Å². The molecule has 0 aliphatic carbocycles. The maximum absolute atomic E-state index is 12.5.